The van der Waals surface area contributed by atoms with Crippen LogP contribution in [0.2, 0.25) is 6.04 Å². The molecule has 0 unspecified atom stereocenters. The molecular weight excluding hydrogens is 338 g/mol. The SMILES string of the molecule is CCCC(C)(C)OCCC(=O)NCCC[Si](OCC)(OCC)OCC. The molecule has 0 heterocycles. The Bertz CT molecular complexity index is 335. The van der Waals surface area contributed by atoms with Crippen molar-refractivity contribution >= 4 is 14.7 Å². The van der Waals surface area contributed by atoms with E-state index in [1.165, 1.54) is 0 Å². The van der Waals surface area contributed by atoms with Crippen molar-refractivity contribution in [2.75, 3.05) is 33.0 Å². The number of ether oxygens (including phenoxy) is 1. The van der Waals surface area contributed by atoms with Crippen molar-refractivity contribution in [2.24, 2.45) is 0 Å². The van der Waals surface area contributed by atoms with E-state index in [0.717, 1.165) is 19.3 Å². The van der Waals surface area contributed by atoms with Crippen LogP contribution in [0.3, 0.4) is 0 Å². The van der Waals surface area contributed by atoms with E-state index in [4.69, 9.17) is 18.0 Å². The summed E-state index contributed by atoms with van der Waals surface area (Å²) in [6, 6.07) is 0.711. The zero-order valence-electron chi connectivity index (χ0n) is 17.1. The van der Waals surface area contributed by atoms with Crippen molar-refractivity contribution in [3.05, 3.63) is 0 Å². The van der Waals surface area contributed by atoms with E-state index >= 15 is 0 Å². The first-order valence-corrected chi connectivity index (χ1v) is 11.6. The predicted molar refractivity (Wildman–Crippen MR) is 103 cm³/mol. The second kappa shape index (κ2) is 13.7. The summed E-state index contributed by atoms with van der Waals surface area (Å²) in [5.41, 5.74) is -0.160. The highest BCUT2D eigenvalue weighted by Gasteiger charge is 2.39. The third-order valence-corrected chi connectivity index (χ3v) is 6.90. The Labute approximate surface area is 155 Å². The molecule has 7 heteroatoms. The van der Waals surface area contributed by atoms with Crippen LogP contribution in [0.5, 0.6) is 0 Å². The van der Waals surface area contributed by atoms with Gasteiger partial charge < -0.3 is 23.3 Å². The molecule has 0 aromatic rings. The molecule has 0 saturated heterocycles. The molecule has 0 fully saturated rings. The van der Waals surface area contributed by atoms with Crippen LogP contribution in [0.1, 0.15) is 67.2 Å². The second-order valence-corrected chi connectivity index (χ2v) is 9.28. The number of rotatable bonds is 16. The predicted octanol–water partition coefficient (Wildman–Crippen LogP) is 3.53. The van der Waals surface area contributed by atoms with Crippen LogP contribution in [-0.2, 0) is 22.8 Å². The molecular formula is C18H39NO5Si. The maximum absolute atomic E-state index is 11.9. The van der Waals surface area contributed by atoms with Gasteiger partial charge in [0.1, 0.15) is 0 Å². The van der Waals surface area contributed by atoms with Crippen LogP contribution < -0.4 is 5.32 Å². The third-order valence-electron chi connectivity index (χ3n) is 3.75. The lowest BCUT2D eigenvalue weighted by atomic mass is 10.0. The molecule has 0 atom stereocenters. The molecule has 0 saturated carbocycles. The molecule has 6 nitrogen and oxygen atoms in total. The molecule has 1 N–H and O–H groups in total. The number of carbonyl (C=O) groups excluding carboxylic acids is 1. The molecule has 0 rings (SSSR count). The molecule has 0 radical (unpaired) electrons. The fourth-order valence-corrected chi connectivity index (χ4v) is 5.33. The van der Waals surface area contributed by atoms with Crippen molar-refractivity contribution in [3.63, 3.8) is 0 Å². The summed E-state index contributed by atoms with van der Waals surface area (Å²) in [6.45, 7) is 14.9. The lowest BCUT2D eigenvalue weighted by Gasteiger charge is -2.28. The number of amides is 1. The number of hydrogen-bond donors (Lipinski definition) is 1. The second-order valence-electron chi connectivity index (χ2n) is 6.54. The Morgan fingerprint density at radius 3 is 2.04 bits per heavy atom. The van der Waals surface area contributed by atoms with E-state index in [9.17, 15) is 4.79 Å². The van der Waals surface area contributed by atoms with Crippen LogP contribution in [0.15, 0.2) is 0 Å². The average molecular weight is 378 g/mol. The largest absolute Gasteiger partial charge is 0.500 e. The summed E-state index contributed by atoms with van der Waals surface area (Å²) < 4.78 is 23.2. The third kappa shape index (κ3) is 11.7. The highest BCUT2D eigenvalue weighted by Crippen LogP contribution is 2.18. The highest BCUT2D eigenvalue weighted by atomic mass is 28.4. The van der Waals surface area contributed by atoms with Gasteiger partial charge in [-0.25, -0.2) is 0 Å². The molecule has 0 aliphatic carbocycles. The minimum atomic E-state index is -2.60. The van der Waals surface area contributed by atoms with Gasteiger partial charge in [0.15, 0.2) is 0 Å². The topological polar surface area (TPSA) is 66.0 Å². The maximum Gasteiger partial charge on any atom is 0.500 e. The van der Waals surface area contributed by atoms with Crippen LogP contribution in [0.4, 0.5) is 0 Å². The van der Waals surface area contributed by atoms with Gasteiger partial charge in [-0.1, -0.05) is 13.3 Å². The lowest BCUT2D eigenvalue weighted by molar-refractivity contribution is -0.123. The van der Waals surface area contributed by atoms with E-state index in [2.05, 4.69) is 26.1 Å². The Hall–Kier alpha value is -0.473. The van der Waals surface area contributed by atoms with Gasteiger partial charge in [0.2, 0.25) is 5.91 Å². The highest BCUT2D eigenvalue weighted by molar-refractivity contribution is 6.60. The average Bonchev–Trinajstić information content (AvgIpc) is 2.52. The van der Waals surface area contributed by atoms with E-state index in [1.54, 1.807) is 0 Å². The summed E-state index contributed by atoms with van der Waals surface area (Å²) in [5.74, 6) is 0.0174. The Kier molecular flexibility index (Phi) is 13.4. The summed E-state index contributed by atoms with van der Waals surface area (Å²) >= 11 is 0. The van der Waals surface area contributed by atoms with Gasteiger partial charge in [0.05, 0.1) is 12.2 Å². The minimum Gasteiger partial charge on any atom is -0.375 e. The van der Waals surface area contributed by atoms with Crippen LogP contribution in [-0.4, -0.2) is 53.3 Å². The first-order chi connectivity index (χ1) is 11.8. The van der Waals surface area contributed by atoms with Gasteiger partial charge in [0, 0.05) is 38.8 Å². The lowest BCUT2D eigenvalue weighted by Crippen LogP contribution is -2.46. The standard InChI is InChI=1S/C18H39NO5Si/c1-7-13-18(5,6)21-15-12-17(20)19-14-11-16-25(22-8-2,23-9-3)24-10-4/h7-16H2,1-6H3,(H,19,20). The number of hydrogen-bond acceptors (Lipinski definition) is 5. The molecule has 1 amide bonds. The number of carbonyl (C=O) groups is 1. The number of nitrogens with one attached hydrogen (secondary N) is 1. The van der Waals surface area contributed by atoms with E-state index in [0.29, 0.717) is 45.4 Å². The van der Waals surface area contributed by atoms with Crippen molar-refractivity contribution < 1.29 is 22.8 Å². The minimum absolute atomic E-state index is 0.0174. The maximum atomic E-state index is 11.9. The Morgan fingerprint density at radius 2 is 1.56 bits per heavy atom. The van der Waals surface area contributed by atoms with Gasteiger partial charge in [-0.2, -0.15) is 0 Å². The molecule has 0 aromatic heterocycles. The van der Waals surface area contributed by atoms with Crippen molar-refractivity contribution in [2.45, 2.75) is 78.9 Å². The van der Waals surface area contributed by atoms with Crippen molar-refractivity contribution in [3.8, 4) is 0 Å². The Morgan fingerprint density at radius 1 is 1.00 bits per heavy atom. The molecule has 150 valence electrons. The fraction of sp³-hybridized carbons (Fsp3) is 0.944. The Balaban J connectivity index is 4.08. The zero-order valence-corrected chi connectivity index (χ0v) is 18.1. The van der Waals surface area contributed by atoms with Crippen LogP contribution >= 0.6 is 0 Å². The molecule has 0 aliphatic heterocycles. The van der Waals surface area contributed by atoms with Gasteiger partial charge in [0.25, 0.3) is 0 Å². The molecule has 25 heavy (non-hydrogen) atoms. The van der Waals surface area contributed by atoms with Crippen molar-refractivity contribution in [1.29, 1.82) is 0 Å². The smallest absolute Gasteiger partial charge is 0.375 e. The van der Waals surface area contributed by atoms with Gasteiger partial charge in [-0.05, 0) is 47.5 Å². The van der Waals surface area contributed by atoms with Gasteiger partial charge >= 0.3 is 8.80 Å². The first-order valence-electron chi connectivity index (χ1n) is 9.67. The first kappa shape index (κ1) is 24.5. The molecule has 0 bridgehead atoms. The van der Waals surface area contributed by atoms with Crippen molar-refractivity contribution in [1.82, 2.24) is 5.32 Å². The van der Waals surface area contributed by atoms with E-state index in [1.807, 2.05) is 20.8 Å². The quantitative estimate of drug-likeness (QED) is 0.329. The molecule has 0 aromatic carbocycles. The van der Waals surface area contributed by atoms with Gasteiger partial charge in [-0.15, -0.1) is 0 Å². The van der Waals surface area contributed by atoms with Crippen LogP contribution in [0.25, 0.3) is 0 Å². The van der Waals surface area contributed by atoms with Gasteiger partial charge in [-0.3, -0.25) is 4.79 Å². The fourth-order valence-electron chi connectivity index (χ4n) is 2.72. The summed E-state index contributed by atoms with van der Waals surface area (Å²) in [7, 11) is -2.60. The van der Waals surface area contributed by atoms with E-state index < -0.39 is 8.80 Å². The monoisotopic (exact) mass is 377 g/mol. The zero-order chi connectivity index (χ0) is 19.2. The van der Waals surface area contributed by atoms with E-state index in [-0.39, 0.29) is 11.5 Å². The molecule has 0 spiro atoms. The van der Waals surface area contributed by atoms with Crippen LogP contribution in [0, 0.1) is 0 Å². The molecule has 0 aliphatic rings. The summed E-state index contributed by atoms with van der Waals surface area (Å²) in [5, 5.41) is 2.94. The summed E-state index contributed by atoms with van der Waals surface area (Å²) in [6.07, 6.45) is 3.23. The normalized spacial score (nSPS) is 12.4. The summed E-state index contributed by atoms with van der Waals surface area (Å²) in [4.78, 5) is 11.9.